The Kier molecular flexibility index (Phi) is 6.37. The summed E-state index contributed by atoms with van der Waals surface area (Å²) >= 11 is 6.03. The van der Waals surface area contributed by atoms with Crippen LogP contribution in [-0.4, -0.2) is 26.9 Å². The van der Waals surface area contributed by atoms with E-state index in [1.807, 2.05) is 36.4 Å². The molecule has 2 aromatic carbocycles. The van der Waals surface area contributed by atoms with Crippen molar-refractivity contribution in [3.63, 3.8) is 0 Å². The zero-order chi connectivity index (χ0) is 15.8. The summed E-state index contributed by atoms with van der Waals surface area (Å²) in [6.07, 6.45) is 0.734. The van der Waals surface area contributed by atoms with Crippen molar-refractivity contribution in [3.8, 4) is 17.2 Å². The number of halogens is 1. The number of hydrogen-bond donors (Lipinski definition) is 1. The first-order chi connectivity index (χ1) is 10.8. The third-order valence-electron chi connectivity index (χ3n) is 3.12. The van der Waals surface area contributed by atoms with E-state index in [9.17, 15) is 0 Å². The number of nitrogens with two attached hydrogens (primary N) is 1. The first-order valence-corrected chi connectivity index (χ1v) is 7.50. The number of ether oxygens (including phenoxy) is 3. The molecule has 2 aromatic rings. The van der Waals surface area contributed by atoms with E-state index in [1.54, 1.807) is 13.2 Å². The van der Waals surface area contributed by atoms with Gasteiger partial charge in [-0.05, 0) is 36.7 Å². The molecule has 22 heavy (non-hydrogen) atoms. The molecule has 0 atom stereocenters. The van der Waals surface area contributed by atoms with Crippen molar-refractivity contribution in [1.29, 1.82) is 0 Å². The maximum atomic E-state index is 6.03. The molecule has 0 radical (unpaired) electrons. The third-order valence-corrected chi connectivity index (χ3v) is 3.43. The van der Waals surface area contributed by atoms with E-state index in [0.29, 0.717) is 36.3 Å². The summed E-state index contributed by atoms with van der Waals surface area (Å²) in [5.41, 5.74) is 6.66. The van der Waals surface area contributed by atoms with E-state index >= 15 is 0 Å². The third kappa shape index (κ3) is 4.29. The largest absolute Gasteiger partial charge is 0.493 e. The van der Waals surface area contributed by atoms with Gasteiger partial charge in [-0.15, -0.1) is 0 Å². The van der Waals surface area contributed by atoms with Crippen molar-refractivity contribution in [3.05, 3.63) is 53.1 Å². The van der Waals surface area contributed by atoms with Gasteiger partial charge in [0.1, 0.15) is 19.0 Å². The van der Waals surface area contributed by atoms with Gasteiger partial charge in [0.2, 0.25) is 0 Å². The molecule has 0 bridgehead atoms. The maximum absolute atomic E-state index is 6.03. The smallest absolute Gasteiger partial charge is 0.164 e. The average Bonchev–Trinajstić information content (AvgIpc) is 2.54. The number of rotatable bonds is 8. The highest BCUT2D eigenvalue weighted by atomic mass is 35.5. The van der Waals surface area contributed by atoms with Gasteiger partial charge >= 0.3 is 0 Å². The van der Waals surface area contributed by atoms with Gasteiger partial charge in [0.15, 0.2) is 11.5 Å². The van der Waals surface area contributed by atoms with Crippen LogP contribution in [0.25, 0.3) is 0 Å². The Hall–Kier alpha value is -1.91. The molecule has 0 aliphatic rings. The first-order valence-electron chi connectivity index (χ1n) is 7.12. The summed E-state index contributed by atoms with van der Waals surface area (Å²) in [4.78, 5) is 0. The lowest BCUT2D eigenvalue weighted by atomic mass is 10.1. The van der Waals surface area contributed by atoms with Crippen LogP contribution in [0.15, 0.2) is 42.5 Å². The van der Waals surface area contributed by atoms with Crippen LogP contribution in [0.1, 0.15) is 5.56 Å². The fourth-order valence-corrected chi connectivity index (χ4v) is 2.29. The average molecular weight is 322 g/mol. The van der Waals surface area contributed by atoms with Crippen molar-refractivity contribution >= 4 is 11.6 Å². The van der Waals surface area contributed by atoms with Crippen molar-refractivity contribution in [2.75, 3.05) is 26.9 Å². The van der Waals surface area contributed by atoms with Gasteiger partial charge < -0.3 is 19.9 Å². The van der Waals surface area contributed by atoms with Gasteiger partial charge in [-0.25, -0.2) is 0 Å². The van der Waals surface area contributed by atoms with Crippen molar-refractivity contribution in [2.45, 2.75) is 6.42 Å². The Morgan fingerprint density at radius 2 is 1.68 bits per heavy atom. The van der Waals surface area contributed by atoms with Gasteiger partial charge in [-0.2, -0.15) is 0 Å². The number of benzene rings is 2. The zero-order valence-corrected chi connectivity index (χ0v) is 13.3. The maximum Gasteiger partial charge on any atom is 0.164 e. The second kappa shape index (κ2) is 8.51. The molecular weight excluding hydrogens is 302 g/mol. The Bertz CT molecular complexity index is 604. The van der Waals surface area contributed by atoms with Crippen LogP contribution in [-0.2, 0) is 6.42 Å². The number of hydrogen-bond acceptors (Lipinski definition) is 4. The van der Waals surface area contributed by atoms with E-state index in [-0.39, 0.29) is 0 Å². The van der Waals surface area contributed by atoms with Crippen molar-refractivity contribution in [2.24, 2.45) is 5.73 Å². The zero-order valence-electron chi connectivity index (χ0n) is 12.5. The fraction of sp³-hybridized carbons (Fsp3) is 0.294. The second-order valence-corrected chi connectivity index (χ2v) is 5.02. The summed E-state index contributed by atoms with van der Waals surface area (Å²) < 4.78 is 16.8. The van der Waals surface area contributed by atoms with Crippen LogP contribution >= 0.6 is 11.6 Å². The lowest BCUT2D eigenvalue weighted by Gasteiger charge is -2.15. The number of methoxy groups -OCH3 is 1. The molecule has 2 rings (SSSR count). The first kappa shape index (κ1) is 16.5. The minimum atomic E-state index is 0.392. The van der Waals surface area contributed by atoms with E-state index in [1.165, 1.54) is 0 Å². The Morgan fingerprint density at radius 1 is 0.955 bits per heavy atom. The summed E-state index contributed by atoms with van der Waals surface area (Å²) in [5.74, 6) is 2.07. The molecule has 0 amide bonds. The molecule has 0 saturated heterocycles. The van der Waals surface area contributed by atoms with E-state index < -0.39 is 0 Å². The van der Waals surface area contributed by atoms with Gasteiger partial charge in [0, 0.05) is 0 Å². The molecule has 0 aliphatic heterocycles. The van der Waals surface area contributed by atoms with Gasteiger partial charge in [-0.1, -0.05) is 35.9 Å². The molecular formula is C17H20ClNO3. The predicted octanol–water partition coefficient (Wildman–Crippen LogP) is 3.31. The normalized spacial score (nSPS) is 10.3. The lowest BCUT2D eigenvalue weighted by molar-refractivity contribution is 0.210. The topological polar surface area (TPSA) is 53.7 Å². The molecule has 0 unspecified atom stereocenters. The van der Waals surface area contributed by atoms with E-state index in [2.05, 4.69) is 0 Å². The van der Waals surface area contributed by atoms with Crippen LogP contribution in [0.2, 0.25) is 5.02 Å². The molecule has 2 N–H and O–H groups in total. The Labute approximate surface area is 135 Å². The highest BCUT2D eigenvalue weighted by Crippen LogP contribution is 2.31. The summed E-state index contributed by atoms with van der Waals surface area (Å²) in [7, 11) is 1.62. The summed E-state index contributed by atoms with van der Waals surface area (Å²) in [6, 6.07) is 13.1. The van der Waals surface area contributed by atoms with Crippen molar-refractivity contribution < 1.29 is 14.2 Å². The molecule has 5 heteroatoms. The molecule has 0 aromatic heterocycles. The van der Waals surface area contributed by atoms with Gasteiger partial charge in [-0.3, -0.25) is 0 Å². The number of para-hydroxylation sites is 2. The molecule has 118 valence electrons. The highest BCUT2D eigenvalue weighted by Gasteiger charge is 2.10. The Morgan fingerprint density at radius 3 is 2.41 bits per heavy atom. The molecule has 0 heterocycles. The second-order valence-electron chi connectivity index (χ2n) is 4.61. The van der Waals surface area contributed by atoms with Crippen LogP contribution < -0.4 is 19.9 Å². The fourth-order valence-electron chi connectivity index (χ4n) is 2.10. The minimum Gasteiger partial charge on any atom is -0.493 e. The van der Waals surface area contributed by atoms with Crippen LogP contribution in [0.5, 0.6) is 17.2 Å². The summed E-state index contributed by atoms with van der Waals surface area (Å²) in [6.45, 7) is 1.34. The highest BCUT2D eigenvalue weighted by molar-refractivity contribution is 6.32. The monoisotopic (exact) mass is 321 g/mol. The quantitative estimate of drug-likeness (QED) is 0.758. The minimum absolute atomic E-state index is 0.392. The van der Waals surface area contributed by atoms with Crippen LogP contribution in [0.4, 0.5) is 0 Å². The van der Waals surface area contributed by atoms with E-state index in [4.69, 9.17) is 31.5 Å². The Balaban J connectivity index is 1.95. The van der Waals surface area contributed by atoms with Crippen LogP contribution in [0.3, 0.4) is 0 Å². The van der Waals surface area contributed by atoms with E-state index in [0.717, 1.165) is 17.7 Å². The van der Waals surface area contributed by atoms with Gasteiger partial charge in [0.05, 0.1) is 12.1 Å². The molecule has 4 nitrogen and oxygen atoms in total. The molecule has 0 aliphatic carbocycles. The molecule has 0 saturated carbocycles. The van der Waals surface area contributed by atoms with Crippen molar-refractivity contribution in [1.82, 2.24) is 0 Å². The lowest BCUT2D eigenvalue weighted by Crippen LogP contribution is -2.12. The SMILES string of the molecule is COc1cccc(CCN)c1OCCOc1ccccc1Cl. The predicted molar refractivity (Wildman–Crippen MR) is 88.2 cm³/mol. The molecule has 0 spiro atoms. The van der Waals surface area contributed by atoms with Gasteiger partial charge in [0.25, 0.3) is 0 Å². The van der Waals surface area contributed by atoms with Crippen LogP contribution in [0, 0.1) is 0 Å². The molecule has 0 fully saturated rings. The standard InChI is InChI=1S/C17H20ClNO3/c1-20-16-8-4-5-13(9-10-19)17(16)22-12-11-21-15-7-3-2-6-14(15)18/h2-8H,9-12,19H2,1H3. The summed E-state index contributed by atoms with van der Waals surface area (Å²) in [5, 5.41) is 0.587.